The first-order chi connectivity index (χ1) is 6.93. The fourth-order valence-corrected chi connectivity index (χ4v) is 0.265. The fourth-order valence-electron chi connectivity index (χ4n) is 0.265. The molecule has 0 fully saturated rings. The van der Waals surface area contributed by atoms with Gasteiger partial charge in [0.2, 0.25) is 0 Å². The molecule has 7 nitrogen and oxygen atoms in total. The van der Waals surface area contributed by atoms with Crippen LogP contribution in [0.1, 0.15) is 0 Å². The Morgan fingerprint density at radius 2 is 1.53 bits per heavy atom. The molecular weight excluding hydrogens is 208 g/mol. The maximum Gasteiger partial charge on any atom is 0.332 e. The van der Waals surface area contributed by atoms with Gasteiger partial charge in [-0.05, 0) is 0 Å². The van der Waals surface area contributed by atoms with E-state index in [0.29, 0.717) is 12.2 Å². The van der Waals surface area contributed by atoms with Crippen molar-refractivity contribution in [2.75, 3.05) is 6.79 Å². The third kappa shape index (κ3) is 18.7. The Hall–Kier alpha value is -2.15. The van der Waals surface area contributed by atoms with Crippen molar-refractivity contribution in [3.05, 3.63) is 24.8 Å². The molecule has 3 N–H and O–H groups in total. The molecule has 0 spiro atoms. The minimum atomic E-state index is -1.26. The summed E-state index contributed by atoms with van der Waals surface area (Å²) >= 11 is 0. The van der Waals surface area contributed by atoms with Crippen LogP contribution in [0.5, 0.6) is 0 Å². The zero-order chi connectivity index (χ0) is 12.3. The van der Waals surface area contributed by atoms with Crippen LogP contribution in [-0.4, -0.2) is 40.0 Å². The third-order valence-corrected chi connectivity index (χ3v) is 0.742. The van der Waals surface area contributed by atoms with Gasteiger partial charge in [-0.15, -0.1) is 0 Å². The second-order valence-electron chi connectivity index (χ2n) is 1.81. The molecule has 0 aromatic carbocycles. The van der Waals surface area contributed by atoms with E-state index in [1.165, 1.54) is 0 Å². The van der Waals surface area contributed by atoms with Crippen LogP contribution in [-0.2, 0) is 19.1 Å². The molecular formula is C8H10O7. The van der Waals surface area contributed by atoms with Crippen molar-refractivity contribution in [2.45, 2.75) is 0 Å². The molecule has 7 heteroatoms. The fraction of sp³-hybridized carbons (Fsp3) is 0.125. The van der Waals surface area contributed by atoms with Crippen molar-refractivity contribution in [2.24, 2.45) is 0 Å². The van der Waals surface area contributed by atoms with Gasteiger partial charge in [0.1, 0.15) is 0 Å². The molecule has 0 unspecified atom stereocenters. The summed E-state index contributed by atoms with van der Waals surface area (Å²) < 4.78 is 3.99. The average molecular weight is 218 g/mol. The van der Waals surface area contributed by atoms with Gasteiger partial charge in [0.25, 0.3) is 0 Å². The number of aliphatic carboxylic acids is 2. The summed E-state index contributed by atoms with van der Waals surface area (Å²) in [5.74, 6) is -3.12. The Labute approximate surface area is 84.9 Å². The molecule has 0 aliphatic rings. The molecule has 0 aliphatic carbocycles. The molecule has 0 aromatic rings. The van der Waals surface area contributed by atoms with Gasteiger partial charge < -0.3 is 20.1 Å². The van der Waals surface area contributed by atoms with Crippen LogP contribution in [0.15, 0.2) is 24.8 Å². The maximum atomic E-state index is 9.91. The van der Waals surface area contributed by atoms with Crippen molar-refractivity contribution in [1.29, 1.82) is 0 Å². The van der Waals surface area contributed by atoms with Gasteiger partial charge in [0, 0.05) is 18.2 Å². The number of carboxylic acids is 2. The molecule has 0 atom stereocenters. The predicted octanol–water partition coefficient (Wildman–Crippen LogP) is -0.623. The first-order valence-electron chi connectivity index (χ1n) is 3.48. The van der Waals surface area contributed by atoms with Gasteiger partial charge >= 0.3 is 17.9 Å². The number of aliphatic hydroxyl groups is 1. The summed E-state index contributed by atoms with van der Waals surface area (Å²) in [6.45, 7) is 2.52. The van der Waals surface area contributed by atoms with Gasteiger partial charge in [-0.2, -0.15) is 0 Å². The normalized spacial score (nSPS) is 8.60. The highest BCUT2D eigenvalue weighted by molar-refractivity contribution is 5.89. The van der Waals surface area contributed by atoms with E-state index in [4.69, 9.17) is 15.3 Å². The second-order valence-corrected chi connectivity index (χ2v) is 1.81. The summed E-state index contributed by atoms with van der Waals surface area (Å²) in [6, 6.07) is 0. The van der Waals surface area contributed by atoms with Crippen LogP contribution in [0.4, 0.5) is 0 Å². The molecule has 84 valence electrons. The van der Waals surface area contributed by atoms with Crippen molar-refractivity contribution >= 4 is 17.9 Å². The maximum absolute atomic E-state index is 9.91. The van der Waals surface area contributed by atoms with Crippen LogP contribution < -0.4 is 0 Å². The highest BCUT2D eigenvalue weighted by Crippen LogP contribution is 1.72. The van der Waals surface area contributed by atoms with Crippen molar-refractivity contribution in [3.8, 4) is 0 Å². The van der Waals surface area contributed by atoms with Crippen molar-refractivity contribution < 1.29 is 34.4 Å². The van der Waals surface area contributed by atoms with Gasteiger partial charge in [-0.3, -0.25) is 0 Å². The molecule has 0 aromatic heterocycles. The van der Waals surface area contributed by atoms with E-state index < -0.39 is 24.7 Å². The topological polar surface area (TPSA) is 121 Å². The van der Waals surface area contributed by atoms with E-state index in [2.05, 4.69) is 11.3 Å². The summed E-state index contributed by atoms with van der Waals surface area (Å²) in [5, 5.41) is 23.5. The minimum absolute atomic E-state index is 0.558. The van der Waals surface area contributed by atoms with Crippen LogP contribution in [0.2, 0.25) is 0 Å². The van der Waals surface area contributed by atoms with E-state index in [1.807, 2.05) is 0 Å². The van der Waals surface area contributed by atoms with Crippen molar-refractivity contribution in [1.82, 2.24) is 0 Å². The summed E-state index contributed by atoms with van der Waals surface area (Å²) in [4.78, 5) is 29.0. The number of carboxylic acid groups (broad SMARTS) is 2. The van der Waals surface area contributed by atoms with Gasteiger partial charge in [0.05, 0.1) is 0 Å². The summed E-state index contributed by atoms with van der Waals surface area (Å²) in [5.41, 5.74) is 0. The van der Waals surface area contributed by atoms with Gasteiger partial charge in [-0.25, -0.2) is 14.4 Å². The number of aliphatic hydroxyl groups excluding tert-OH is 1. The van der Waals surface area contributed by atoms with Crippen LogP contribution in [0.3, 0.4) is 0 Å². The van der Waals surface area contributed by atoms with E-state index >= 15 is 0 Å². The first-order valence-corrected chi connectivity index (χ1v) is 3.48. The number of hydrogen-bond acceptors (Lipinski definition) is 5. The standard InChI is InChI=1S/C4H4O4.C4H6O3/c5-3(6)1-2-4(7)8;1-2-4(6)7-3-5/h1-2H,(H,5,6)(H,7,8);2,5H,1,3H2/b2-1+;. The third-order valence-electron chi connectivity index (χ3n) is 0.742. The lowest BCUT2D eigenvalue weighted by Crippen LogP contribution is -1.99. The number of hydrogen-bond donors (Lipinski definition) is 3. The molecule has 0 heterocycles. The Morgan fingerprint density at radius 1 is 1.13 bits per heavy atom. The zero-order valence-corrected chi connectivity index (χ0v) is 7.62. The molecule has 15 heavy (non-hydrogen) atoms. The molecule has 0 radical (unpaired) electrons. The average Bonchev–Trinajstić information content (AvgIpc) is 2.16. The van der Waals surface area contributed by atoms with Gasteiger partial charge in [-0.1, -0.05) is 6.58 Å². The minimum Gasteiger partial charge on any atom is -0.478 e. The quantitative estimate of drug-likeness (QED) is 0.326. The van der Waals surface area contributed by atoms with E-state index in [9.17, 15) is 14.4 Å². The molecule has 0 saturated carbocycles. The first kappa shape index (κ1) is 15.3. The number of esters is 1. The number of carbonyl (C=O) groups is 3. The predicted molar refractivity (Wildman–Crippen MR) is 47.8 cm³/mol. The Balaban J connectivity index is 0. The molecule has 0 rings (SSSR count). The SMILES string of the molecule is C=CC(=O)OCO.O=C(O)/C=C/C(=O)O. The lowest BCUT2D eigenvalue weighted by molar-refractivity contribution is -0.145. The number of ether oxygens (including phenoxy) is 1. The summed E-state index contributed by atoms with van der Waals surface area (Å²) in [6.07, 6.45) is 2.10. The van der Waals surface area contributed by atoms with E-state index in [0.717, 1.165) is 6.08 Å². The second kappa shape index (κ2) is 9.93. The highest BCUT2D eigenvalue weighted by Gasteiger charge is 1.88. The van der Waals surface area contributed by atoms with E-state index in [-0.39, 0.29) is 0 Å². The zero-order valence-electron chi connectivity index (χ0n) is 7.62. The molecule has 0 saturated heterocycles. The summed E-state index contributed by atoms with van der Waals surface area (Å²) in [7, 11) is 0. The highest BCUT2D eigenvalue weighted by atomic mass is 16.6. The lowest BCUT2D eigenvalue weighted by atomic mass is 10.5. The number of rotatable bonds is 4. The molecule has 0 amide bonds. The molecule has 0 aliphatic heterocycles. The number of carbonyl (C=O) groups excluding carboxylic acids is 1. The smallest absolute Gasteiger partial charge is 0.332 e. The Kier molecular flexibility index (Phi) is 10.2. The lowest BCUT2D eigenvalue weighted by Gasteiger charge is -1.89. The van der Waals surface area contributed by atoms with Crippen LogP contribution in [0.25, 0.3) is 0 Å². The molecule has 0 bridgehead atoms. The Bertz CT molecular complexity index is 250. The largest absolute Gasteiger partial charge is 0.478 e. The van der Waals surface area contributed by atoms with E-state index in [1.54, 1.807) is 0 Å². The van der Waals surface area contributed by atoms with Crippen LogP contribution >= 0.6 is 0 Å². The monoisotopic (exact) mass is 218 g/mol. The van der Waals surface area contributed by atoms with Gasteiger partial charge in [0.15, 0.2) is 6.79 Å². The Morgan fingerprint density at radius 3 is 1.67 bits per heavy atom. The van der Waals surface area contributed by atoms with Crippen LogP contribution in [0, 0.1) is 0 Å². The van der Waals surface area contributed by atoms with Crippen molar-refractivity contribution in [3.63, 3.8) is 0 Å².